The molecule has 2 heteroatoms. The molecule has 0 atom stereocenters. The van der Waals surface area contributed by atoms with Crippen LogP contribution in [0.2, 0.25) is 0 Å². The van der Waals surface area contributed by atoms with Crippen molar-refractivity contribution in [2.75, 3.05) is 0 Å². The first-order valence-electron chi connectivity index (χ1n) is 6.04. The zero-order chi connectivity index (χ0) is 11.1. The number of hydrogen-bond donors (Lipinski definition) is 0. The first-order valence-corrected chi connectivity index (χ1v) is 6.04. The second-order valence-electron chi connectivity index (χ2n) is 4.08. The zero-order valence-electron chi connectivity index (χ0n) is 9.52. The highest BCUT2D eigenvalue weighted by Gasteiger charge is 2.04. The number of rotatable bonds is 0. The van der Waals surface area contributed by atoms with Crippen molar-refractivity contribution in [3.63, 3.8) is 0 Å². The van der Waals surface area contributed by atoms with Gasteiger partial charge in [0.25, 0.3) is 0 Å². The summed E-state index contributed by atoms with van der Waals surface area (Å²) in [5.41, 5.74) is 0. The lowest BCUT2D eigenvalue weighted by atomic mass is 10.0. The van der Waals surface area contributed by atoms with Gasteiger partial charge in [0.05, 0.1) is 0 Å². The molecule has 1 fully saturated rings. The molecule has 0 saturated heterocycles. The van der Waals surface area contributed by atoms with Crippen molar-refractivity contribution in [2.45, 2.75) is 38.5 Å². The fourth-order valence-corrected chi connectivity index (χ4v) is 1.91. The molecule has 2 aliphatic rings. The minimum atomic E-state index is 0.769. The second kappa shape index (κ2) is 6.21. The molecule has 0 radical (unpaired) electrons. The van der Waals surface area contributed by atoms with Crippen LogP contribution < -0.4 is 9.47 Å². The highest BCUT2D eigenvalue weighted by Crippen LogP contribution is 2.28. The SMILES string of the molecule is C1=COc2ccccc2O1.C1CCCCC1. The van der Waals surface area contributed by atoms with E-state index >= 15 is 0 Å². The Labute approximate surface area is 96.9 Å². The summed E-state index contributed by atoms with van der Waals surface area (Å²) < 4.78 is 10.2. The quantitative estimate of drug-likeness (QED) is 0.647. The van der Waals surface area contributed by atoms with Gasteiger partial charge in [-0.3, -0.25) is 0 Å². The molecule has 0 bridgehead atoms. The molecule has 1 aromatic carbocycles. The van der Waals surface area contributed by atoms with E-state index in [1.807, 2.05) is 24.3 Å². The van der Waals surface area contributed by atoms with Gasteiger partial charge in [-0.15, -0.1) is 0 Å². The molecule has 0 spiro atoms. The molecule has 0 N–H and O–H groups in total. The minimum Gasteiger partial charge on any atom is -0.458 e. The van der Waals surface area contributed by atoms with Gasteiger partial charge in [0.15, 0.2) is 11.5 Å². The molecule has 1 aliphatic heterocycles. The number of benzene rings is 1. The van der Waals surface area contributed by atoms with Gasteiger partial charge < -0.3 is 9.47 Å². The standard InChI is InChI=1S/C8H6O2.C6H12/c1-2-4-8-7(3-1)9-5-6-10-8;1-2-4-6-5-3-1/h1-6H;1-6H2. The highest BCUT2D eigenvalue weighted by atomic mass is 16.5. The molecule has 3 rings (SSSR count). The molecule has 0 amide bonds. The van der Waals surface area contributed by atoms with E-state index in [9.17, 15) is 0 Å². The molecule has 1 heterocycles. The van der Waals surface area contributed by atoms with Gasteiger partial charge in [-0.1, -0.05) is 50.7 Å². The first-order chi connectivity index (χ1) is 7.97. The van der Waals surface area contributed by atoms with Crippen molar-refractivity contribution in [3.8, 4) is 11.5 Å². The Kier molecular flexibility index (Phi) is 4.29. The minimum absolute atomic E-state index is 0.769. The smallest absolute Gasteiger partial charge is 0.169 e. The largest absolute Gasteiger partial charge is 0.458 e. The number of para-hydroxylation sites is 2. The van der Waals surface area contributed by atoms with E-state index in [1.165, 1.54) is 51.0 Å². The van der Waals surface area contributed by atoms with Gasteiger partial charge in [0, 0.05) is 0 Å². The van der Waals surface area contributed by atoms with Gasteiger partial charge in [0.2, 0.25) is 0 Å². The molecule has 0 unspecified atom stereocenters. The molecule has 0 aromatic heterocycles. The number of hydrogen-bond acceptors (Lipinski definition) is 2. The zero-order valence-corrected chi connectivity index (χ0v) is 9.52. The lowest BCUT2D eigenvalue weighted by Crippen LogP contribution is -1.94. The first kappa shape index (κ1) is 11.1. The summed E-state index contributed by atoms with van der Waals surface area (Å²) in [5, 5.41) is 0. The maximum Gasteiger partial charge on any atom is 0.169 e. The average molecular weight is 218 g/mol. The Morgan fingerprint density at radius 1 is 0.625 bits per heavy atom. The molecule has 86 valence electrons. The van der Waals surface area contributed by atoms with Crippen LogP contribution in [0.1, 0.15) is 38.5 Å². The average Bonchev–Trinajstić information content (AvgIpc) is 2.42. The van der Waals surface area contributed by atoms with Crippen molar-refractivity contribution in [2.24, 2.45) is 0 Å². The summed E-state index contributed by atoms with van der Waals surface area (Å²) in [5.74, 6) is 1.54. The van der Waals surface area contributed by atoms with Crippen LogP contribution in [0, 0.1) is 0 Å². The van der Waals surface area contributed by atoms with Crippen LogP contribution in [0.5, 0.6) is 11.5 Å². The summed E-state index contributed by atoms with van der Waals surface area (Å²) in [6.45, 7) is 0. The van der Waals surface area contributed by atoms with Crippen LogP contribution in [0.25, 0.3) is 0 Å². The predicted molar refractivity (Wildman–Crippen MR) is 64.5 cm³/mol. The van der Waals surface area contributed by atoms with Crippen LogP contribution in [0.3, 0.4) is 0 Å². The van der Waals surface area contributed by atoms with E-state index in [1.54, 1.807) is 0 Å². The number of ether oxygens (including phenoxy) is 2. The van der Waals surface area contributed by atoms with Crippen LogP contribution in [-0.2, 0) is 0 Å². The highest BCUT2D eigenvalue weighted by molar-refractivity contribution is 5.41. The molecule has 16 heavy (non-hydrogen) atoms. The van der Waals surface area contributed by atoms with Crippen molar-refractivity contribution in [1.29, 1.82) is 0 Å². The van der Waals surface area contributed by atoms with E-state index in [0.29, 0.717) is 0 Å². The van der Waals surface area contributed by atoms with Crippen LogP contribution in [-0.4, -0.2) is 0 Å². The van der Waals surface area contributed by atoms with Crippen LogP contribution in [0.15, 0.2) is 36.8 Å². The van der Waals surface area contributed by atoms with Crippen LogP contribution in [0.4, 0.5) is 0 Å². The van der Waals surface area contributed by atoms with Gasteiger partial charge in [0.1, 0.15) is 12.5 Å². The van der Waals surface area contributed by atoms with E-state index in [2.05, 4.69) is 0 Å². The summed E-state index contributed by atoms with van der Waals surface area (Å²) in [4.78, 5) is 0. The molecule has 1 aliphatic carbocycles. The van der Waals surface area contributed by atoms with E-state index in [-0.39, 0.29) is 0 Å². The third kappa shape index (κ3) is 3.30. The Morgan fingerprint density at radius 2 is 1.00 bits per heavy atom. The lowest BCUT2D eigenvalue weighted by molar-refractivity contribution is 0.362. The fourth-order valence-electron chi connectivity index (χ4n) is 1.91. The molecule has 1 aromatic rings. The lowest BCUT2D eigenvalue weighted by Gasteiger charge is -2.10. The molecular weight excluding hydrogens is 200 g/mol. The van der Waals surface area contributed by atoms with Crippen LogP contribution >= 0.6 is 0 Å². The molecular formula is C14H18O2. The van der Waals surface area contributed by atoms with E-state index in [4.69, 9.17) is 9.47 Å². The maximum absolute atomic E-state index is 5.12. The van der Waals surface area contributed by atoms with Crippen molar-refractivity contribution in [3.05, 3.63) is 36.8 Å². The monoisotopic (exact) mass is 218 g/mol. The van der Waals surface area contributed by atoms with Gasteiger partial charge in [-0.25, -0.2) is 0 Å². The van der Waals surface area contributed by atoms with Crippen molar-refractivity contribution in [1.82, 2.24) is 0 Å². The number of fused-ring (bicyclic) bond motifs is 1. The normalized spacial score (nSPS) is 17.2. The maximum atomic E-state index is 5.12. The van der Waals surface area contributed by atoms with Gasteiger partial charge in [-0.2, -0.15) is 0 Å². The third-order valence-corrected chi connectivity index (χ3v) is 2.79. The van der Waals surface area contributed by atoms with E-state index in [0.717, 1.165) is 11.5 Å². The predicted octanol–water partition coefficient (Wildman–Crippen LogP) is 4.27. The van der Waals surface area contributed by atoms with Gasteiger partial charge >= 0.3 is 0 Å². The topological polar surface area (TPSA) is 18.5 Å². The second-order valence-corrected chi connectivity index (χ2v) is 4.08. The van der Waals surface area contributed by atoms with Crippen molar-refractivity contribution < 1.29 is 9.47 Å². The summed E-state index contributed by atoms with van der Waals surface area (Å²) in [6, 6.07) is 7.53. The summed E-state index contributed by atoms with van der Waals surface area (Å²) in [7, 11) is 0. The van der Waals surface area contributed by atoms with Crippen molar-refractivity contribution >= 4 is 0 Å². The summed E-state index contributed by atoms with van der Waals surface area (Å²) >= 11 is 0. The fraction of sp³-hybridized carbons (Fsp3) is 0.429. The third-order valence-electron chi connectivity index (χ3n) is 2.79. The summed E-state index contributed by atoms with van der Waals surface area (Å²) in [6.07, 6.45) is 12.0. The van der Waals surface area contributed by atoms with E-state index < -0.39 is 0 Å². The molecule has 2 nitrogen and oxygen atoms in total. The van der Waals surface area contributed by atoms with Gasteiger partial charge in [-0.05, 0) is 12.1 Å². The Morgan fingerprint density at radius 3 is 1.38 bits per heavy atom. The Balaban J connectivity index is 0.000000138. The molecule has 1 saturated carbocycles. The Hall–Kier alpha value is -1.44. The Bertz CT molecular complexity index is 302.